The van der Waals surface area contributed by atoms with Crippen molar-refractivity contribution >= 4 is 14.1 Å². The Hall–Kier alpha value is -2.53. The highest BCUT2D eigenvalue weighted by molar-refractivity contribution is 6.74. The molecule has 3 rings (SSSR count). The SMILES string of the molecule is CC(=O)[C@H](O[Si](C)(C)C(C)(C)C)[C@@H](C)COC(c1ccccc1)(c1ccccc1)c1ccccc1. The number of rotatable bonds is 10. The van der Waals surface area contributed by atoms with E-state index in [-0.39, 0.29) is 16.7 Å². The minimum Gasteiger partial charge on any atom is -0.407 e. The van der Waals surface area contributed by atoms with Crippen LogP contribution in [-0.4, -0.2) is 26.8 Å². The zero-order valence-corrected chi connectivity index (χ0v) is 23.2. The predicted molar refractivity (Wildman–Crippen MR) is 147 cm³/mol. The van der Waals surface area contributed by atoms with Gasteiger partial charge in [-0.05, 0) is 41.7 Å². The van der Waals surface area contributed by atoms with Gasteiger partial charge in [-0.15, -0.1) is 0 Å². The molecule has 0 aliphatic rings. The number of carbonyl (C=O) groups excluding carboxylic acids is 1. The molecule has 0 N–H and O–H groups in total. The van der Waals surface area contributed by atoms with Crippen molar-refractivity contribution < 1.29 is 14.0 Å². The highest BCUT2D eigenvalue weighted by Crippen LogP contribution is 2.42. The number of ketones is 1. The van der Waals surface area contributed by atoms with Crippen LogP contribution in [0.1, 0.15) is 51.3 Å². The fraction of sp³-hybridized carbons (Fsp3) is 0.387. The van der Waals surface area contributed by atoms with E-state index in [0.29, 0.717) is 6.61 Å². The lowest BCUT2D eigenvalue weighted by Crippen LogP contribution is -2.48. The van der Waals surface area contributed by atoms with Crippen molar-refractivity contribution in [1.82, 2.24) is 0 Å². The molecule has 0 saturated heterocycles. The van der Waals surface area contributed by atoms with E-state index in [9.17, 15) is 4.79 Å². The van der Waals surface area contributed by atoms with Gasteiger partial charge >= 0.3 is 0 Å². The maximum Gasteiger partial charge on any atom is 0.193 e. The second kappa shape index (κ2) is 11.0. The largest absolute Gasteiger partial charge is 0.407 e. The van der Waals surface area contributed by atoms with Gasteiger partial charge in [0, 0.05) is 5.92 Å². The molecule has 3 nitrogen and oxygen atoms in total. The van der Waals surface area contributed by atoms with Crippen molar-refractivity contribution in [2.45, 2.75) is 64.5 Å². The Morgan fingerprint density at radius 3 is 1.46 bits per heavy atom. The van der Waals surface area contributed by atoms with Gasteiger partial charge in [0.2, 0.25) is 0 Å². The zero-order chi connectivity index (χ0) is 25.7. The molecular weight excluding hydrogens is 448 g/mol. The molecule has 0 aromatic heterocycles. The molecule has 0 bridgehead atoms. The van der Waals surface area contributed by atoms with Crippen molar-refractivity contribution in [3.8, 4) is 0 Å². The Balaban J connectivity index is 2.03. The summed E-state index contributed by atoms with van der Waals surface area (Å²) in [6, 6.07) is 31.0. The minimum atomic E-state index is -2.14. The summed E-state index contributed by atoms with van der Waals surface area (Å²) in [6.07, 6.45) is -0.504. The van der Waals surface area contributed by atoms with E-state index < -0.39 is 20.0 Å². The maximum absolute atomic E-state index is 12.8. The molecular formula is C31H40O3Si. The van der Waals surface area contributed by atoms with Crippen LogP contribution in [0.2, 0.25) is 18.1 Å². The third-order valence-corrected chi connectivity index (χ3v) is 11.7. The highest BCUT2D eigenvalue weighted by atomic mass is 28.4. The van der Waals surface area contributed by atoms with Crippen LogP contribution in [0.5, 0.6) is 0 Å². The van der Waals surface area contributed by atoms with Gasteiger partial charge in [0.1, 0.15) is 11.7 Å². The van der Waals surface area contributed by atoms with Gasteiger partial charge in [0.25, 0.3) is 0 Å². The van der Waals surface area contributed by atoms with Crippen LogP contribution in [0.25, 0.3) is 0 Å². The van der Waals surface area contributed by atoms with Crippen LogP contribution in [0, 0.1) is 5.92 Å². The lowest BCUT2D eigenvalue weighted by Gasteiger charge is -2.41. The Morgan fingerprint density at radius 2 is 1.14 bits per heavy atom. The van der Waals surface area contributed by atoms with Crippen molar-refractivity contribution in [2.24, 2.45) is 5.92 Å². The Kier molecular flexibility index (Phi) is 8.53. The molecule has 0 amide bonds. The molecule has 0 spiro atoms. The monoisotopic (exact) mass is 488 g/mol. The molecule has 35 heavy (non-hydrogen) atoms. The van der Waals surface area contributed by atoms with Gasteiger partial charge in [0.15, 0.2) is 14.1 Å². The fourth-order valence-electron chi connectivity index (χ4n) is 4.21. The van der Waals surface area contributed by atoms with Gasteiger partial charge in [0.05, 0.1) is 6.61 Å². The number of ether oxygens (including phenoxy) is 1. The summed E-state index contributed by atoms with van der Waals surface area (Å²) in [7, 11) is -2.14. The lowest BCUT2D eigenvalue weighted by atomic mass is 9.80. The topological polar surface area (TPSA) is 35.5 Å². The van der Waals surface area contributed by atoms with E-state index in [0.717, 1.165) is 16.7 Å². The van der Waals surface area contributed by atoms with E-state index in [4.69, 9.17) is 9.16 Å². The molecule has 3 aromatic carbocycles. The van der Waals surface area contributed by atoms with E-state index in [1.807, 2.05) is 54.6 Å². The van der Waals surface area contributed by atoms with Crippen LogP contribution in [-0.2, 0) is 19.6 Å². The van der Waals surface area contributed by atoms with Crippen LogP contribution >= 0.6 is 0 Å². The van der Waals surface area contributed by atoms with Crippen LogP contribution in [0.15, 0.2) is 91.0 Å². The molecule has 0 saturated carbocycles. The number of hydrogen-bond donors (Lipinski definition) is 0. The first kappa shape index (κ1) is 27.1. The third-order valence-electron chi connectivity index (χ3n) is 7.25. The van der Waals surface area contributed by atoms with E-state index in [2.05, 4.69) is 77.2 Å². The molecule has 0 fully saturated rings. The van der Waals surface area contributed by atoms with Gasteiger partial charge < -0.3 is 9.16 Å². The fourth-order valence-corrected chi connectivity index (χ4v) is 5.59. The molecule has 0 radical (unpaired) electrons. The third kappa shape index (κ3) is 6.00. The van der Waals surface area contributed by atoms with Crippen molar-refractivity contribution in [1.29, 1.82) is 0 Å². The number of benzene rings is 3. The van der Waals surface area contributed by atoms with Crippen LogP contribution in [0.3, 0.4) is 0 Å². The number of hydrogen-bond acceptors (Lipinski definition) is 3. The predicted octanol–water partition coefficient (Wildman–Crippen LogP) is 7.61. The van der Waals surface area contributed by atoms with Gasteiger partial charge in [-0.25, -0.2) is 0 Å². The Bertz CT molecular complexity index is 976. The standard InChI is InChI=1S/C31H40O3Si/c1-24(29(25(2)32)34-35(6,7)30(3,4)5)23-33-31(26-17-11-8-12-18-26,27-19-13-9-14-20-27)28-21-15-10-16-22-28/h8-22,24,29H,23H2,1-7H3/t24-,29+/m0/s1. The highest BCUT2D eigenvalue weighted by Gasteiger charge is 2.43. The second-order valence-electron chi connectivity index (χ2n) is 11.0. The maximum atomic E-state index is 12.8. The summed E-state index contributed by atoms with van der Waals surface area (Å²) in [5, 5.41) is 0.0170. The smallest absolute Gasteiger partial charge is 0.193 e. The summed E-state index contributed by atoms with van der Waals surface area (Å²) in [6.45, 7) is 15.0. The summed E-state index contributed by atoms with van der Waals surface area (Å²) in [5.74, 6) is -0.0622. The van der Waals surface area contributed by atoms with Crippen LogP contribution < -0.4 is 0 Å². The summed E-state index contributed by atoms with van der Waals surface area (Å²) >= 11 is 0. The molecule has 3 aromatic rings. The summed E-state index contributed by atoms with van der Waals surface area (Å²) < 4.78 is 13.6. The average molecular weight is 489 g/mol. The normalized spacial score (nSPS) is 14.4. The van der Waals surface area contributed by atoms with Gasteiger partial charge in [-0.3, -0.25) is 4.79 Å². The quantitative estimate of drug-likeness (QED) is 0.218. The summed E-state index contributed by atoms with van der Waals surface area (Å²) in [4.78, 5) is 12.8. The first-order valence-electron chi connectivity index (χ1n) is 12.5. The van der Waals surface area contributed by atoms with Crippen molar-refractivity contribution in [3.05, 3.63) is 108 Å². The second-order valence-corrected chi connectivity index (χ2v) is 15.7. The molecule has 186 valence electrons. The lowest BCUT2D eigenvalue weighted by molar-refractivity contribution is -0.128. The average Bonchev–Trinajstić information content (AvgIpc) is 2.84. The molecule has 0 heterocycles. The van der Waals surface area contributed by atoms with Gasteiger partial charge in [-0.2, -0.15) is 0 Å². The Morgan fingerprint density at radius 1 is 0.771 bits per heavy atom. The Labute approximate surface area is 212 Å². The number of Topliss-reactive ketones (excluding diaryl/α,β-unsaturated/α-hetero) is 1. The van der Waals surface area contributed by atoms with Crippen molar-refractivity contribution in [2.75, 3.05) is 6.61 Å². The first-order chi connectivity index (χ1) is 16.5. The number of carbonyl (C=O) groups is 1. The molecule has 4 heteroatoms. The molecule has 0 aliphatic heterocycles. The van der Waals surface area contributed by atoms with E-state index >= 15 is 0 Å². The molecule has 0 unspecified atom stereocenters. The summed E-state index contributed by atoms with van der Waals surface area (Å²) in [5.41, 5.74) is 2.34. The van der Waals surface area contributed by atoms with E-state index in [1.165, 1.54) is 0 Å². The minimum absolute atomic E-state index is 0.0170. The first-order valence-corrected chi connectivity index (χ1v) is 15.4. The zero-order valence-electron chi connectivity index (χ0n) is 22.2. The van der Waals surface area contributed by atoms with Crippen LogP contribution in [0.4, 0.5) is 0 Å². The van der Waals surface area contributed by atoms with Gasteiger partial charge in [-0.1, -0.05) is 119 Å². The molecule has 2 atom stereocenters. The molecule has 0 aliphatic carbocycles. The van der Waals surface area contributed by atoms with Crippen molar-refractivity contribution in [3.63, 3.8) is 0 Å². The van der Waals surface area contributed by atoms with E-state index in [1.54, 1.807) is 6.92 Å².